The summed E-state index contributed by atoms with van der Waals surface area (Å²) in [4.78, 5) is 12.3. The van der Waals surface area contributed by atoms with E-state index in [0.29, 0.717) is 37.8 Å². The van der Waals surface area contributed by atoms with Crippen LogP contribution in [0.3, 0.4) is 0 Å². The largest absolute Gasteiger partial charge is 0.467 e. The highest BCUT2D eigenvalue weighted by Crippen LogP contribution is 2.21. The summed E-state index contributed by atoms with van der Waals surface area (Å²) in [5, 5.41) is 2.90. The molecule has 0 aliphatic rings. The topological polar surface area (TPSA) is 86.7 Å². The average Bonchev–Trinajstić information content (AvgIpc) is 3.07. The average molecular weight is 369 g/mol. The van der Waals surface area contributed by atoms with E-state index in [1.807, 2.05) is 32.0 Å². The van der Waals surface area contributed by atoms with E-state index in [1.54, 1.807) is 6.07 Å². The van der Waals surface area contributed by atoms with Gasteiger partial charge in [0.25, 0.3) is 5.91 Å². The molecule has 0 saturated carbocycles. The van der Waals surface area contributed by atoms with Gasteiger partial charge in [0.15, 0.2) is 0 Å². The number of carbonyl (C=O) groups excluding carboxylic acids is 1. The number of hydrogen-bond acceptors (Lipinski definition) is 5. The number of furan rings is 1. The van der Waals surface area contributed by atoms with E-state index in [9.17, 15) is 4.79 Å². The van der Waals surface area contributed by atoms with E-state index < -0.39 is 0 Å². The fourth-order valence-electron chi connectivity index (χ4n) is 2.22. The van der Waals surface area contributed by atoms with Crippen LogP contribution in [0.2, 0.25) is 0 Å². The second-order valence-electron chi connectivity index (χ2n) is 5.30. The summed E-state index contributed by atoms with van der Waals surface area (Å²) >= 11 is 0. The normalized spacial score (nSPS) is 10.4. The van der Waals surface area contributed by atoms with Crippen molar-refractivity contribution in [1.29, 1.82) is 0 Å². The summed E-state index contributed by atoms with van der Waals surface area (Å²) in [6.45, 7) is 6.46. The molecule has 0 aliphatic carbocycles. The van der Waals surface area contributed by atoms with Crippen LogP contribution in [0.5, 0.6) is 0 Å². The number of anilines is 1. The maximum Gasteiger partial charge on any atom is 0.258 e. The van der Waals surface area contributed by atoms with Crippen molar-refractivity contribution >= 4 is 24.0 Å². The molecular formula is C18H25ClN2O4. The molecule has 0 atom stereocenters. The first-order valence-electron chi connectivity index (χ1n) is 7.98. The first-order chi connectivity index (χ1) is 11.7. The molecular weight excluding hydrogens is 344 g/mol. The van der Waals surface area contributed by atoms with Gasteiger partial charge in [-0.3, -0.25) is 4.79 Å². The Morgan fingerprint density at radius 3 is 2.72 bits per heavy atom. The highest BCUT2D eigenvalue weighted by atomic mass is 35.5. The van der Waals surface area contributed by atoms with Gasteiger partial charge in [0.2, 0.25) is 0 Å². The van der Waals surface area contributed by atoms with Crippen molar-refractivity contribution in [3.8, 4) is 0 Å². The van der Waals surface area contributed by atoms with E-state index in [4.69, 9.17) is 19.6 Å². The fourth-order valence-corrected chi connectivity index (χ4v) is 2.22. The third-order valence-electron chi connectivity index (χ3n) is 3.65. The van der Waals surface area contributed by atoms with Crippen LogP contribution in [0.25, 0.3) is 0 Å². The monoisotopic (exact) mass is 368 g/mol. The van der Waals surface area contributed by atoms with Gasteiger partial charge in [-0.15, -0.1) is 12.4 Å². The molecule has 2 aromatic rings. The minimum Gasteiger partial charge on any atom is -0.467 e. The van der Waals surface area contributed by atoms with Crippen LogP contribution in [0, 0.1) is 6.92 Å². The fraction of sp³-hybridized carbons (Fsp3) is 0.389. The number of benzene rings is 1. The molecule has 3 N–H and O–H groups in total. The van der Waals surface area contributed by atoms with E-state index in [2.05, 4.69) is 5.32 Å². The van der Waals surface area contributed by atoms with Crippen LogP contribution < -0.4 is 11.1 Å². The maximum atomic E-state index is 12.3. The van der Waals surface area contributed by atoms with Gasteiger partial charge in [0.05, 0.1) is 31.9 Å². The van der Waals surface area contributed by atoms with Gasteiger partial charge in [-0.05, 0) is 37.1 Å². The zero-order valence-electron chi connectivity index (χ0n) is 14.5. The summed E-state index contributed by atoms with van der Waals surface area (Å²) < 4.78 is 16.0. The van der Waals surface area contributed by atoms with Gasteiger partial charge in [-0.2, -0.15) is 0 Å². The number of carbonyl (C=O) groups is 1. The van der Waals surface area contributed by atoms with Crippen molar-refractivity contribution in [3.63, 3.8) is 0 Å². The minimum atomic E-state index is -0.226. The Labute approximate surface area is 154 Å². The number of halogens is 1. The zero-order chi connectivity index (χ0) is 17.4. The third-order valence-corrected chi connectivity index (χ3v) is 3.65. The summed E-state index contributed by atoms with van der Waals surface area (Å²) in [6, 6.07) is 7.38. The Morgan fingerprint density at radius 1 is 1.28 bits per heavy atom. The molecule has 1 amide bonds. The molecule has 1 aromatic heterocycles. The Kier molecular flexibility index (Phi) is 9.23. The lowest BCUT2D eigenvalue weighted by molar-refractivity contribution is 0.0451. The lowest BCUT2D eigenvalue weighted by Gasteiger charge is -2.12. The molecule has 1 aromatic carbocycles. The number of nitrogens with one attached hydrogen (secondary N) is 1. The van der Waals surface area contributed by atoms with Crippen molar-refractivity contribution < 1.29 is 18.7 Å². The van der Waals surface area contributed by atoms with E-state index in [-0.39, 0.29) is 24.9 Å². The summed E-state index contributed by atoms with van der Waals surface area (Å²) in [6.07, 6.45) is 1.41. The Bertz CT molecular complexity index is 673. The van der Waals surface area contributed by atoms with E-state index >= 15 is 0 Å². The predicted molar refractivity (Wildman–Crippen MR) is 99.1 cm³/mol. The van der Waals surface area contributed by atoms with Crippen LogP contribution in [0.15, 0.2) is 34.9 Å². The number of hydrogen-bond donors (Lipinski definition) is 2. The molecule has 25 heavy (non-hydrogen) atoms. The Balaban J connectivity index is 0.00000312. The maximum absolute atomic E-state index is 12.3. The van der Waals surface area contributed by atoms with Crippen molar-refractivity contribution in [3.05, 3.63) is 53.0 Å². The highest BCUT2D eigenvalue weighted by molar-refractivity contribution is 6.04. The number of amides is 1. The van der Waals surface area contributed by atoms with Crippen molar-refractivity contribution in [1.82, 2.24) is 0 Å². The van der Waals surface area contributed by atoms with Crippen LogP contribution in [0.1, 0.15) is 34.2 Å². The number of nitrogens with two attached hydrogens (primary N) is 1. The second-order valence-corrected chi connectivity index (χ2v) is 5.30. The van der Waals surface area contributed by atoms with E-state index in [1.165, 1.54) is 6.26 Å². The second kappa shape index (κ2) is 10.9. The van der Waals surface area contributed by atoms with Gasteiger partial charge in [0.1, 0.15) is 12.0 Å². The van der Waals surface area contributed by atoms with Crippen molar-refractivity contribution in [2.75, 3.05) is 25.1 Å². The van der Waals surface area contributed by atoms with Crippen molar-refractivity contribution in [2.45, 2.75) is 27.0 Å². The third kappa shape index (κ3) is 6.17. The van der Waals surface area contributed by atoms with Crippen LogP contribution in [0.4, 0.5) is 5.69 Å². The van der Waals surface area contributed by atoms with Gasteiger partial charge >= 0.3 is 0 Å². The molecule has 0 saturated heterocycles. The zero-order valence-corrected chi connectivity index (χ0v) is 15.4. The predicted octanol–water partition coefficient (Wildman–Crippen LogP) is 3.27. The lowest BCUT2D eigenvalue weighted by Crippen LogP contribution is -2.13. The lowest BCUT2D eigenvalue weighted by atomic mass is 10.1. The number of ether oxygens (including phenoxy) is 2. The molecule has 1 heterocycles. The quantitative estimate of drug-likeness (QED) is 0.663. The first kappa shape index (κ1) is 21.2. The number of rotatable bonds is 9. The first-order valence-corrected chi connectivity index (χ1v) is 7.98. The Hall–Kier alpha value is -1.86. The van der Waals surface area contributed by atoms with Crippen LogP contribution >= 0.6 is 12.4 Å². The summed E-state index contributed by atoms with van der Waals surface area (Å²) in [5.41, 5.74) is 8.70. The molecule has 138 valence electrons. The molecule has 2 rings (SSSR count). The molecule has 0 unspecified atom stereocenters. The van der Waals surface area contributed by atoms with Gasteiger partial charge in [0, 0.05) is 12.3 Å². The minimum absolute atomic E-state index is 0. The standard InChI is InChI=1S/C18H24N2O4.ClH/c1-3-22-7-8-23-11-14-5-4-6-17(13(14)2)20-18(21)15-9-16(10-19)24-12-15;/h4-6,9,12H,3,7-8,10-11,19H2,1-2H3,(H,20,21);1H. The van der Waals surface area contributed by atoms with Crippen molar-refractivity contribution in [2.24, 2.45) is 5.73 Å². The van der Waals surface area contributed by atoms with Gasteiger partial charge in [-0.25, -0.2) is 0 Å². The Morgan fingerprint density at radius 2 is 2.04 bits per heavy atom. The molecule has 0 bridgehead atoms. The molecule has 6 nitrogen and oxygen atoms in total. The van der Waals surface area contributed by atoms with Gasteiger partial charge in [-0.1, -0.05) is 12.1 Å². The SMILES string of the molecule is CCOCCOCc1cccc(NC(=O)c2coc(CN)c2)c1C.Cl. The highest BCUT2D eigenvalue weighted by Gasteiger charge is 2.12. The van der Waals surface area contributed by atoms with Crippen LogP contribution in [-0.2, 0) is 22.6 Å². The summed E-state index contributed by atoms with van der Waals surface area (Å²) in [5.74, 6) is 0.351. The smallest absolute Gasteiger partial charge is 0.258 e. The van der Waals surface area contributed by atoms with Gasteiger partial charge < -0.3 is 24.9 Å². The van der Waals surface area contributed by atoms with E-state index in [0.717, 1.165) is 16.8 Å². The molecule has 0 fully saturated rings. The van der Waals surface area contributed by atoms with Crippen LogP contribution in [-0.4, -0.2) is 25.7 Å². The molecule has 0 aliphatic heterocycles. The summed E-state index contributed by atoms with van der Waals surface area (Å²) in [7, 11) is 0. The molecule has 0 radical (unpaired) electrons. The molecule has 0 spiro atoms. The molecule has 7 heteroatoms.